The molecule has 0 atom stereocenters. The minimum Gasteiger partial charge on any atom is -0.315 e. The fourth-order valence-corrected chi connectivity index (χ4v) is 2.64. The molecule has 19 heavy (non-hydrogen) atoms. The molecule has 0 aromatic carbocycles. The van der Waals surface area contributed by atoms with E-state index in [0.717, 1.165) is 42.1 Å². The zero-order valence-corrected chi connectivity index (χ0v) is 11.7. The van der Waals surface area contributed by atoms with Crippen molar-refractivity contribution in [1.29, 1.82) is 0 Å². The highest BCUT2D eigenvalue weighted by Crippen LogP contribution is 2.21. The molecule has 5 nitrogen and oxygen atoms in total. The summed E-state index contributed by atoms with van der Waals surface area (Å²) in [5.41, 5.74) is 2.81. The Bertz CT molecular complexity index is 664. The van der Waals surface area contributed by atoms with Gasteiger partial charge in [0.2, 0.25) is 0 Å². The molecular weight excluding hydrogens is 240 g/mol. The molecule has 0 aliphatic carbocycles. The van der Waals surface area contributed by atoms with Crippen molar-refractivity contribution in [2.45, 2.75) is 39.0 Å². The van der Waals surface area contributed by atoms with Crippen LogP contribution in [0.5, 0.6) is 0 Å². The Balaban J connectivity index is 2.21. The smallest absolute Gasteiger partial charge is 0.274 e. The molecule has 102 valence electrons. The lowest BCUT2D eigenvalue weighted by Crippen LogP contribution is -2.40. The fourth-order valence-electron chi connectivity index (χ4n) is 2.64. The average molecular weight is 260 g/mol. The van der Waals surface area contributed by atoms with Crippen LogP contribution in [0.25, 0.3) is 5.65 Å². The van der Waals surface area contributed by atoms with Crippen LogP contribution in [-0.2, 0) is 6.42 Å². The lowest BCUT2D eigenvalue weighted by atomic mass is 9.97. The van der Waals surface area contributed by atoms with Gasteiger partial charge >= 0.3 is 0 Å². The van der Waals surface area contributed by atoms with Gasteiger partial charge in [-0.2, -0.15) is 4.52 Å². The first-order valence-corrected chi connectivity index (χ1v) is 6.97. The number of hydrogen-bond donors (Lipinski definition) is 2. The van der Waals surface area contributed by atoms with Crippen LogP contribution in [0.15, 0.2) is 10.9 Å². The Kier molecular flexibility index (Phi) is 2.93. The first kappa shape index (κ1) is 12.4. The molecule has 2 aromatic heterocycles. The molecule has 0 radical (unpaired) electrons. The van der Waals surface area contributed by atoms with Crippen molar-refractivity contribution in [3.05, 3.63) is 33.4 Å². The van der Waals surface area contributed by atoms with E-state index in [1.54, 1.807) is 4.52 Å². The van der Waals surface area contributed by atoms with Gasteiger partial charge in [0.05, 0.1) is 0 Å². The Morgan fingerprint density at radius 1 is 1.47 bits per heavy atom. The summed E-state index contributed by atoms with van der Waals surface area (Å²) in [5.74, 6) is 1.67. The van der Waals surface area contributed by atoms with Crippen molar-refractivity contribution in [2.24, 2.45) is 0 Å². The van der Waals surface area contributed by atoms with Gasteiger partial charge in [0.25, 0.3) is 5.56 Å². The Morgan fingerprint density at radius 3 is 2.74 bits per heavy atom. The quantitative estimate of drug-likeness (QED) is 0.876. The number of nitrogens with one attached hydrogen (secondary N) is 2. The summed E-state index contributed by atoms with van der Waals surface area (Å²) in [6, 6.07) is 2.05. The molecule has 3 heterocycles. The van der Waals surface area contributed by atoms with E-state index in [4.69, 9.17) is 0 Å². The van der Waals surface area contributed by atoms with Crippen LogP contribution in [0.4, 0.5) is 0 Å². The molecule has 3 rings (SSSR count). The second kappa shape index (κ2) is 4.49. The molecule has 0 bridgehead atoms. The van der Waals surface area contributed by atoms with E-state index in [1.165, 1.54) is 0 Å². The third-order valence-corrected chi connectivity index (χ3v) is 3.93. The molecule has 5 heteroatoms. The van der Waals surface area contributed by atoms with Crippen LogP contribution in [0.1, 0.15) is 49.6 Å². The second-order valence-electron chi connectivity index (χ2n) is 5.55. The molecule has 1 aliphatic rings. The zero-order chi connectivity index (χ0) is 13.6. The Morgan fingerprint density at radius 2 is 2.21 bits per heavy atom. The largest absolute Gasteiger partial charge is 0.315 e. The van der Waals surface area contributed by atoms with Crippen LogP contribution in [0.2, 0.25) is 0 Å². The van der Waals surface area contributed by atoms with Crippen LogP contribution in [-0.4, -0.2) is 27.7 Å². The lowest BCUT2D eigenvalue weighted by Gasteiger charge is -2.24. The van der Waals surface area contributed by atoms with Gasteiger partial charge in [0.15, 0.2) is 5.65 Å². The van der Waals surface area contributed by atoms with E-state index >= 15 is 0 Å². The number of aromatic amines is 1. The highest BCUT2D eigenvalue weighted by atomic mass is 16.1. The highest BCUT2D eigenvalue weighted by Gasteiger charge is 2.23. The maximum atomic E-state index is 12.5. The van der Waals surface area contributed by atoms with Gasteiger partial charge in [-0.1, -0.05) is 20.8 Å². The van der Waals surface area contributed by atoms with E-state index < -0.39 is 0 Å². The molecule has 1 aliphatic heterocycles. The molecule has 0 spiro atoms. The maximum Gasteiger partial charge on any atom is 0.274 e. The molecule has 1 fully saturated rings. The Hall–Kier alpha value is -1.62. The topological polar surface area (TPSA) is 62.2 Å². The zero-order valence-electron chi connectivity index (χ0n) is 11.7. The Labute approximate surface area is 112 Å². The van der Waals surface area contributed by atoms with Gasteiger partial charge in [-0.25, -0.2) is 4.98 Å². The SMILES string of the molecule is CCc1c(C(C)C)cc2nc(C3CNC3)[nH]n2c1=O. The predicted octanol–water partition coefficient (Wildman–Crippen LogP) is 1.40. The standard InChI is InChI=1S/C14H20N4O/c1-4-10-11(8(2)3)5-12-16-13(9-6-15-7-9)17-18(12)14(10)19/h5,8-9,15H,4,6-7H2,1-3H3,(H,16,17). The molecule has 1 saturated heterocycles. The number of nitrogens with zero attached hydrogens (tertiary/aromatic N) is 2. The summed E-state index contributed by atoms with van der Waals surface area (Å²) < 4.78 is 1.60. The van der Waals surface area contributed by atoms with Crippen molar-refractivity contribution >= 4 is 5.65 Å². The van der Waals surface area contributed by atoms with Gasteiger partial charge in [-0.3, -0.25) is 9.89 Å². The highest BCUT2D eigenvalue weighted by molar-refractivity contribution is 5.45. The van der Waals surface area contributed by atoms with Gasteiger partial charge in [-0.05, 0) is 24.0 Å². The number of aromatic nitrogens is 3. The van der Waals surface area contributed by atoms with E-state index in [-0.39, 0.29) is 5.56 Å². The van der Waals surface area contributed by atoms with Crippen molar-refractivity contribution in [1.82, 2.24) is 19.9 Å². The predicted molar refractivity (Wildman–Crippen MR) is 74.9 cm³/mol. The number of pyridine rings is 1. The molecule has 2 aromatic rings. The summed E-state index contributed by atoms with van der Waals surface area (Å²) in [7, 11) is 0. The minimum atomic E-state index is 0.0507. The van der Waals surface area contributed by atoms with Gasteiger partial charge in [-0.15, -0.1) is 0 Å². The third-order valence-electron chi connectivity index (χ3n) is 3.93. The summed E-state index contributed by atoms with van der Waals surface area (Å²) in [5, 5.41) is 6.38. The van der Waals surface area contributed by atoms with E-state index in [0.29, 0.717) is 11.8 Å². The lowest BCUT2D eigenvalue weighted by molar-refractivity contribution is 0.430. The number of hydrogen-bond acceptors (Lipinski definition) is 3. The molecule has 0 amide bonds. The fraction of sp³-hybridized carbons (Fsp3) is 0.571. The van der Waals surface area contributed by atoms with Crippen LogP contribution >= 0.6 is 0 Å². The van der Waals surface area contributed by atoms with Gasteiger partial charge < -0.3 is 5.32 Å². The van der Waals surface area contributed by atoms with Gasteiger partial charge in [0, 0.05) is 24.6 Å². The number of H-pyrrole nitrogens is 1. The number of rotatable bonds is 3. The second-order valence-corrected chi connectivity index (χ2v) is 5.55. The van der Waals surface area contributed by atoms with Gasteiger partial charge in [0.1, 0.15) is 5.82 Å². The summed E-state index contributed by atoms with van der Waals surface area (Å²) in [4.78, 5) is 17.1. The first-order valence-electron chi connectivity index (χ1n) is 6.97. The number of fused-ring (bicyclic) bond motifs is 1. The first-order chi connectivity index (χ1) is 9.11. The monoisotopic (exact) mass is 260 g/mol. The molecule has 0 saturated carbocycles. The average Bonchev–Trinajstić information content (AvgIpc) is 2.70. The van der Waals surface area contributed by atoms with Crippen molar-refractivity contribution in [3.8, 4) is 0 Å². The minimum absolute atomic E-state index is 0.0507. The van der Waals surface area contributed by atoms with E-state index in [9.17, 15) is 4.79 Å². The molecule has 0 unspecified atom stereocenters. The summed E-state index contributed by atoms with van der Waals surface area (Å²) >= 11 is 0. The van der Waals surface area contributed by atoms with Crippen LogP contribution < -0.4 is 10.9 Å². The third kappa shape index (κ3) is 1.89. The normalized spacial score (nSPS) is 16.2. The van der Waals surface area contributed by atoms with Crippen LogP contribution in [0, 0.1) is 0 Å². The van der Waals surface area contributed by atoms with Crippen LogP contribution in [0.3, 0.4) is 0 Å². The maximum absolute atomic E-state index is 12.5. The van der Waals surface area contributed by atoms with Crippen molar-refractivity contribution in [3.63, 3.8) is 0 Å². The van der Waals surface area contributed by atoms with Crippen molar-refractivity contribution in [2.75, 3.05) is 13.1 Å². The summed E-state index contributed by atoms with van der Waals surface area (Å²) in [6.45, 7) is 8.14. The van der Waals surface area contributed by atoms with E-state index in [1.807, 2.05) is 6.92 Å². The van der Waals surface area contributed by atoms with E-state index in [2.05, 4.69) is 35.3 Å². The van der Waals surface area contributed by atoms with Crippen molar-refractivity contribution < 1.29 is 0 Å². The molecule has 2 N–H and O–H groups in total. The summed E-state index contributed by atoms with van der Waals surface area (Å²) in [6.07, 6.45) is 0.759. The molecular formula is C14H20N4O.